The van der Waals surface area contributed by atoms with Crippen LogP contribution in [-0.4, -0.2) is 36.5 Å². The third kappa shape index (κ3) is 3.50. The Hall–Kier alpha value is -2.05. The Morgan fingerprint density at radius 3 is 2.88 bits per heavy atom. The molecule has 25 heavy (non-hydrogen) atoms. The van der Waals surface area contributed by atoms with Gasteiger partial charge in [-0.05, 0) is 43.0 Å². The maximum atomic E-state index is 12.7. The summed E-state index contributed by atoms with van der Waals surface area (Å²) >= 11 is 1.78. The summed E-state index contributed by atoms with van der Waals surface area (Å²) in [6, 6.07) is 12.1. The highest BCUT2D eigenvalue weighted by Crippen LogP contribution is 2.43. The minimum absolute atomic E-state index is 0.100. The maximum Gasteiger partial charge on any atom is 0.272 e. The number of pyridine rings is 1. The monoisotopic (exact) mass is 355 g/mol. The molecule has 0 saturated carbocycles. The highest BCUT2D eigenvalue weighted by molar-refractivity contribution is 7.99. The smallest absolute Gasteiger partial charge is 0.272 e. The van der Waals surface area contributed by atoms with Crippen molar-refractivity contribution in [2.24, 2.45) is 5.92 Å². The summed E-state index contributed by atoms with van der Waals surface area (Å²) in [4.78, 5) is 20.5. The molecule has 1 fully saturated rings. The number of carbonyl (C=O) groups excluding carboxylic acids is 1. The van der Waals surface area contributed by atoms with Crippen molar-refractivity contribution in [3.8, 4) is 0 Å². The Balaban J connectivity index is 1.52. The first-order chi connectivity index (χ1) is 12.3. The number of benzene rings is 1. The average molecular weight is 355 g/mol. The number of nitrogens with zero attached hydrogens (tertiary/aromatic N) is 2. The predicted octanol–water partition coefficient (Wildman–Crippen LogP) is 3.44. The van der Waals surface area contributed by atoms with E-state index < -0.39 is 0 Å². The minimum atomic E-state index is -0.100. The molecule has 0 spiro atoms. The largest absolute Gasteiger partial charge is 0.381 e. The number of rotatable bonds is 4. The molecule has 0 bridgehead atoms. The number of ether oxygens (including phenoxy) is 1. The number of para-hydroxylation sites is 1. The normalized spacial score (nSPS) is 17.4. The van der Waals surface area contributed by atoms with Gasteiger partial charge in [0, 0.05) is 30.9 Å². The Labute approximate surface area is 151 Å². The zero-order chi connectivity index (χ0) is 17.1. The molecule has 1 N–H and O–H groups in total. The first-order valence-electron chi connectivity index (χ1n) is 8.63. The molecule has 2 aliphatic heterocycles. The number of anilines is 2. The van der Waals surface area contributed by atoms with E-state index in [1.165, 1.54) is 4.90 Å². The summed E-state index contributed by atoms with van der Waals surface area (Å²) in [6.07, 6.45) is 3.69. The lowest BCUT2D eigenvalue weighted by Crippen LogP contribution is -2.33. The molecule has 0 radical (unpaired) electrons. The molecule has 0 unspecified atom stereocenters. The Morgan fingerprint density at radius 1 is 1.20 bits per heavy atom. The molecule has 130 valence electrons. The van der Waals surface area contributed by atoms with Gasteiger partial charge in [0.1, 0.15) is 0 Å². The van der Waals surface area contributed by atoms with Crippen LogP contribution in [0.25, 0.3) is 0 Å². The van der Waals surface area contributed by atoms with E-state index in [-0.39, 0.29) is 5.91 Å². The van der Waals surface area contributed by atoms with Crippen molar-refractivity contribution in [3.05, 3.63) is 48.3 Å². The van der Waals surface area contributed by atoms with Crippen LogP contribution >= 0.6 is 11.8 Å². The molecule has 1 saturated heterocycles. The average Bonchev–Trinajstić information content (AvgIpc) is 3.11. The first-order valence-corrected chi connectivity index (χ1v) is 9.62. The van der Waals surface area contributed by atoms with E-state index >= 15 is 0 Å². The van der Waals surface area contributed by atoms with Crippen LogP contribution in [-0.2, 0) is 4.74 Å². The number of carbonyl (C=O) groups is 1. The van der Waals surface area contributed by atoms with Gasteiger partial charge in [0.2, 0.25) is 0 Å². The van der Waals surface area contributed by atoms with Crippen molar-refractivity contribution in [1.82, 2.24) is 10.3 Å². The number of hydrogen-bond acceptors (Lipinski definition) is 5. The third-order valence-corrected chi connectivity index (χ3v) is 5.73. The van der Waals surface area contributed by atoms with Gasteiger partial charge in [-0.15, -0.1) is 11.8 Å². The van der Waals surface area contributed by atoms with Crippen molar-refractivity contribution in [2.45, 2.75) is 17.7 Å². The van der Waals surface area contributed by atoms with E-state index in [0.717, 1.165) is 43.3 Å². The van der Waals surface area contributed by atoms with Gasteiger partial charge in [0.25, 0.3) is 5.91 Å². The molecular formula is C19H21N3O2S. The van der Waals surface area contributed by atoms with E-state index in [1.807, 2.05) is 24.3 Å². The summed E-state index contributed by atoms with van der Waals surface area (Å²) in [5.74, 6) is 1.19. The van der Waals surface area contributed by atoms with Gasteiger partial charge >= 0.3 is 0 Å². The van der Waals surface area contributed by atoms with Crippen molar-refractivity contribution in [2.75, 3.05) is 30.5 Å². The van der Waals surface area contributed by atoms with E-state index in [9.17, 15) is 4.79 Å². The number of thioether (sulfide) groups is 1. The molecule has 2 aromatic rings. The van der Waals surface area contributed by atoms with Gasteiger partial charge in [0.05, 0.1) is 17.3 Å². The third-order valence-electron chi connectivity index (χ3n) is 4.69. The Bertz CT molecular complexity index is 762. The summed E-state index contributed by atoms with van der Waals surface area (Å²) in [6.45, 7) is 2.26. The van der Waals surface area contributed by atoms with Crippen LogP contribution in [0.2, 0.25) is 0 Å². The second kappa shape index (κ2) is 7.45. The zero-order valence-electron chi connectivity index (χ0n) is 14.0. The van der Waals surface area contributed by atoms with Crippen LogP contribution in [0, 0.1) is 5.92 Å². The van der Waals surface area contributed by atoms with Gasteiger partial charge in [-0.1, -0.05) is 12.1 Å². The van der Waals surface area contributed by atoms with Crippen LogP contribution in [0.15, 0.2) is 47.5 Å². The number of nitrogens with one attached hydrogen (secondary N) is 1. The lowest BCUT2D eigenvalue weighted by atomic mass is 10.0. The van der Waals surface area contributed by atoms with Crippen molar-refractivity contribution < 1.29 is 9.53 Å². The number of aromatic nitrogens is 1. The molecule has 3 heterocycles. The van der Waals surface area contributed by atoms with E-state index in [0.29, 0.717) is 18.2 Å². The molecule has 0 aliphatic carbocycles. The van der Waals surface area contributed by atoms with Crippen LogP contribution in [0.4, 0.5) is 11.4 Å². The number of hydrogen-bond donors (Lipinski definition) is 1. The summed E-state index contributed by atoms with van der Waals surface area (Å²) in [7, 11) is 0. The topological polar surface area (TPSA) is 54.5 Å². The van der Waals surface area contributed by atoms with Gasteiger partial charge in [-0.25, -0.2) is 4.98 Å². The van der Waals surface area contributed by atoms with Crippen LogP contribution < -0.4 is 10.2 Å². The highest BCUT2D eigenvalue weighted by atomic mass is 32.2. The first kappa shape index (κ1) is 16.4. The fourth-order valence-corrected chi connectivity index (χ4v) is 4.31. The minimum Gasteiger partial charge on any atom is -0.381 e. The fourth-order valence-electron chi connectivity index (χ4n) is 3.27. The Kier molecular flexibility index (Phi) is 4.90. The van der Waals surface area contributed by atoms with Gasteiger partial charge in [-0.3, -0.25) is 4.79 Å². The van der Waals surface area contributed by atoms with Crippen LogP contribution in [0.3, 0.4) is 0 Å². The molecule has 1 amide bonds. The molecule has 1 aromatic carbocycles. The summed E-state index contributed by atoms with van der Waals surface area (Å²) < 4.78 is 5.38. The summed E-state index contributed by atoms with van der Waals surface area (Å²) in [5.41, 5.74) is 2.50. The number of amides is 1. The maximum absolute atomic E-state index is 12.7. The number of fused-ring (bicyclic) bond motifs is 1. The van der Waals surface area contributed by atoms with Crippen LogP contribution in [0.1, 0.15) is 23.3 Å². The van der Waals surface area contributed by atoms with E-state index in [1.54, 1.807) is 18.0 Å². The van der Waals surface area contributed by atoms with Gasteiger partial charge in [0.15, 0.2) is 5.69 Å². The Morgan fingerprint density at radius 2 is 2.00 bits per heavy atom. The van der Waals surface area contributed by atoms with E-state index in [4.69, 9.17) is 4.74 Å². The van der Waals surface area contributed by atoms with Crippen molar-refractivity contribution >= 4 is 29.0 Å². The molecule has 4 rings (SSSR count). The molecule has 0 atom stereocenters. The predicted molar refractivity (Wildman–Crippen MR) is 99.4 cm³/mol. The lowest BCUT2D eigenvalue weighted by Gasteiger charge is -2.23. The lowest BCUT2D eigenvalue weighted by molar-refractivity contribution is 0.0642. The molecule has 2 aliphatic rings. The van der Waals surface area contributed by atoms with Gasteiger partial charge in [-0.2, -0.15) is 0 Å². The second-order valence-corrected chi connectivity index (χ2v) is 7.29. The zero-order valence-corrected chi connectivity index (χ0v) is 14.8. The van der Waals surface area contributed by atoms with E-state index in [2.05, 4.69) is 27.3 Å². The molecule has 1 aromatic heterocycles. The van der Waals surface area contributed by atoms with Crippen LogP contribution in [0.5, 0.6) is 0 Å². The summed E-state index contributed by atoms with van der Waals surface area (Å²) in [5, 5.41) is 3.07. The van der Waals surface area contributed by atoms with Crippen molar-refractivity contribution in [1.29, 1.82) is 0 Å². The second-order valence-electron chi connectivity index (χ2n) is 6.31. The quantitative estimate of drug-likeness (QED) is 0.910. The molecular weight excluding hydrogens is 334 g/mol. The molecule has 5 nitrogen and oxygen atoms in total. The van der Waals surface area contributed by atoms with Gasteiger partial charge < -0.3 is 15.0 Å². The SMILES string of the molecule is O=C(NCC1CCOCC1)c1ncccc1N1CSc2ccccc21. The molecule has 6 heteroatoms. The highest BCUT2D eigenvalue weighted by Gasteiger charge is 2.25. The standard InChI is InChI=1S/C19H21N3O2S/c23-19(21-12-14-7-10-24-11-8-14)18-16(5-3-9-20-18)22-13-25-17-6-2-1-4-15(17)22/h1-6,9,14H,7-8,10-13H2,(H,21,23). The fraction of sp³-hybridized carbons (Fsp3) is 0.368. The van der Waals surface area contributed by atoms with Crippen molar-refractivity contribution in [3.63, 3.8) is 0 Å².